The topological polar surface area (TPSA) is 9.23 Å². The van der Waals surface area contributed by atoms with E-state index >= 15 is 0 Å². The minimum atomic E-state index is 0.107. The summed E-state index contributed by atoms with van der Waals surface area (Å²) in [5, 5.41) is 0. The Labute approximate surface area is 119 Å². The summed E-state index contributed by atoms with van der Waals surface area (Å²) < 4.78 is 6.54. The lowest BCUT2D eigenvalue weighted by Gasteiger charge is -2.43. The predicted octanol–water partition coefficient (Wildman–Crippen LogP) is 4.90. The van der Waals surface area contributed by atoms with E-state index in [-0.39, 0.29) is 5.60 Å². The lowest BCUT2D eigenvalue weighted by atomic mass is 9.64. The van der Waals surface area contributed by atoms with E-state index in [0.717, 1.165) is 23.7 Å². The smallest absolute Gasteiger partial charge is 0.0647 e. The molecular formula is C18H32O. The van der Waals surface area contributed by atoms with Gasteiger partial charge < -0.3 is 4.74 Å². The molecule has 1 heteroatoms. The van der Waals surface area contributed by atoms with Gasteiger partial charge in [0.15, 0.2) is 0 Å². The first-order chi connectivity index (χ1) is 8.57. The summed E-state index contributed by atoms with van der Waals surface area (Å²) in [5.41, 5.74) is 0.990. The molecule has 110 valence electrons. The van der Waals surface area contributed by atoms with Gasteiger partial charge in [0.25, 0.3) is 0 Å². The van der Waals surface area contributed by atoms with E-state index in [0.29, 0.717) is 16.9 Å². The molecule has 1 nitrogen and oxygen atoms in total. The summed E-state index contributed by atoms with van der Waals surface area (Å²) in [6.07, 6.45) is 4.60. The highest BCUT2D eigenvalue weighted by atomic mass is 16.5. The Morgan fingerprint density at radius 2 is 1.53 bits per heavy atom. The molecule has 0 unspecified atom stereocenters. The molecule has 2 aliphatic carbocycles. The van der Waals surface area contributed by atoms with Crippen LogP contribution in [0.25, 0.3) is 0 Å². The molecule has 3 rings (SSSR count). The molecule has 5 atom stereocenters. The molecule has 1 aliphatic heterocycles. The van der Waals surface area contributed by atoms with Crippen molar-refractivity contribution >= 4 is 0 Å². The zero-order valence-corrected chi connectivity index (χ0v) is 13.9. The van der Waals surface area contributed by atoms with Crippen molar-refractivity contribution in [2.45, 2.75) is 79.4 Å². The van der Waals surface area contributed by atoms with Crippen LogP contribution in [0, 0.1) is 34.5 Å². The van der Waals surface area contributed by atoms with Crippen LogP contribution in [0.15, 0.2) is 0 Å². The fourth-order valence-electron chi connectivity index (χ4n) is 6.04. The summed E-state index contributed by atoms with van der Waals surface area (Å²) in [6.45, 7) is 17.1. The van der Waals surface area contributed by atoms with Crippen LogP contribution in [-0.2, 0) is 4.74 Å². The molecule has 0 amide bonds. The highest BCUT2D eigenvalue weighted by molar-refractivity contribution is 5.12. The van der Waals surface area contributed by atoms with Crippen LogP contribution in [0.2, 0.25) is 0 Å². The van der Waals surface area contributed by atoms with Crippen molar-refractivity contribution in [3.8, 4) is 0 Å². The Hall–Kier alpha value is -0.0400. The summed E-state index contributed by atoms with van der Waals surface area (Å²) >= 11 is 0. The lowest BCUT2D eigenvalue weighted by Crippen LogP contribution is -2.42. The third kappa shape index (κ3) is 1.76. The van der Waals surface area contributed by atoms with Gasteiger partial charge in [-0.25, -0.2) is 0 Å². The number of rotatable bonds is 0. The maximum Gasteiger partial charge on any atom is 0.0647 e. The summed E-state index contributed by atoms with van der Waals surface area (Å²) in [6, 6.07) is 0. The van der Waals surface area contributed by atoms with Crippen LogP contribution in [0.3, 0.4) is 0 Å². The molecule has 0 aromatic heterocycles. The molecule has 2 saturated carbocycles. The summed E-state index contributed by atoms with van der Waals surface area (Å²) in [7, 11) is 0. The first kappa shape index (κ1) is 13.9. The highest BCUT2D eigenvalue weighted by Crippen LogP contribution is 2.67. The zero-order chi connectivity index (χ0) is 14.2. The number of ether oxygens (including phenoxy) is 1. The van der Waals surface area contributed by atoms with E-state index in [1.165, 1.54) is 19.3 Å². The fraction of sp³-hybridized carbons (Fsp3) is 1.00. The molecular weight excluding hydrogens is 232 g/mol. The average Bonchev–Trinajstić information content (AvgIpc) is 2.65. The van der Waals surface area contributed by atoms with E-state index in [4.69, 9.17) is 4.74 Å². The standard InChI is InChI=1S/C18H32O/c1-11-17(4,5)13-9-8-12-10-16(2,3)19-15(12)14(13)18(11,6)7/h11-15H,8-10H2,1-7H3/t11-,12+,13+,14-,15-/m0/s1. The molecule has 1 saturated heterocycles. The number of fused-ring (bicyclic) bond motifs is 3. The first-order valence-corrected chi connectivity index (χ1v) is 8.25. The summed E-state index contributed by atoms with van der Waals surface area (Å²) in [4.78, 5) is 0. The number of hydrogen-bond donors (Lipinski definition) is 0. The monoisotopic (exact) mass is 264 g/mol. The molecule has 0 aromatic carbocycles. The molecule has 19 heavy (non-hydrogen) atoms. The minimum Gasteiger partial charge on any atom is -0.372 e. The van der Waals surface area contributed by atoms with Gasteiger partial charge in [-0.1, -0.05) is 34.6 Å². The van der Waals surface area contributed by atoms with Crippen LogP contribution in [-0.4, -0.2) is 11.7 Å². The van der Waals surface area contributed by atoms with Crippen molar-refractivity contribution in [1.29, 1.82) is 0 Å². The van der Waals surface area contributed by atoms with Crippen molar-refractivity contribution in [2.75, 3.05) is 0 Å². The largest absolute Gasteiger partial charge is 0.372 e. The van der Waals surface area contributed by atoms with Crippen molar-refractivity contribution in [2.24, 2.45) is 34.5 Å². The van der Waals surface area contributed by atoms with Gasteiger partial charge in [-0.3, -0.25) is 0 Å². The van der Waals surface area contributed by atoms with Crippen LogP contribution < -0.4 is 0 Å². The number of hydrogen-bond acceptors (Lipinski definition) is 1. The van der Waals surface area contributed by atoms with Crippen LogP contribution in [0.5, 0.6) is 0 Å². The third-order valence-corrected chi connectivity index (χ3v) is 7.36. The van der Waals surface area contributed by atoms with Gasteiger partial charge in [-0.2, -0.15) is 0 Å². The first-order valence-electron chi connectivity index (χ1n) is 8.25. The highest BCUT2D eigenvalue weighted by Gasteiger charge is 2.64. The van der Waals surface area contributed by atoms with Crippen LogP contribution in [0.1, 0.15) is 67.7 Å². The van der Waals surface area contributed by atoms with E-state index in [2.05, 4.69) is 48.5 Å². The van der Waals surface area contributed by atoms with E-state index < -0.39 is 0 Å². The third-order valence-electron chi connectivity index (χ3n) is 7.36. The Kier molecular flexibility index (Phi) is 2.77. The average molecular weight is 264 g/mol. The van der Waals surface area contributed by atoms with Crippen molar-refractivity contribution < 1.29 is 4.74 Å². The molecule has 0 radical (unpaired) electrons. The molecule has 0 bridgehead atoms. The van der Waals surface area contributed by atoms with Gasteiger partial charge in [-0.15, -0.1) is 0 Å². The van der Waals surface area contributed by atoms with Crippen molar-refractivity contribution in [1.82, 2.24) is 0 Å². The molecule has 0 N–H and O–H groups in total. The Morgan fingerprint density at radius 1 is 0.895 bits per heavy atom. The molecule has 3 fully saturated rings. The fourth-order valence-corrected chi connectivity index (χ4v) is 6.04. The van der Waals surface area contributed by atoms with E-state index in [9.17, 15) is 0 Å². The Balaban J connectivity index is 1.99. The van der Waals surface area contributed by atoms with Gasteiger partial charge in [-0.05, 0) is 67.6 Å². The molecule has 1 heterocycles. The summed E-state index contributed by atoms with van der Waals surface area (Å²) in [5.74, 6) is 3.21. The second-order valence-corrected chi connectivity index (χ2v) is 9.38. The van der Waals surface area contributed by atoms with Gasteiger partial charge in [0, 0.05) is 0 Å². The second kappa shape index (κ2) is 3.78. The van der Waals surface area contributed by atoms with Crippen LogP contribution in [0.4, 0.5) is 0 Å². The van der Waals surface area contributed by atoms with Gasteiger partial charge in [0.2, 0.25) is 0 Å². The zero-order valence-electron chi connectivity index (χ0n) is 13.9. The molecule has 0 spiro atoms. The molecule has 0 aromatic rings. The second-order valence-electron chi connectivity index (χ2n) is 9.38. The SMILES string of the molecule is C[C@@H]1C(C)(C)[C@@H]2[C@H]3OC(C)(C)C[C@H]3CC[C@H]2C1(C)C. The lowest BCUT2D eigenvalue weighted by molar-refractivity contribution is -0.0952. The minimum absolute atomic E-state index is 0.107. The Morgan fingerprint density at radius 3 is 2.16 bits per heavy atom. The van der Waals surface area contributed by atoms with Crippen LogP contribution >= 0.6 is 0 Å². The van der Waals surface area contributed by atoms with Gasteiger partial charge in [0.1, 0.15) is 0 Å². The predicted molar refractivity (Wildman–Crippen MR) is 80.0 cm³/mol. The maximum atomic E-state index is 6.54. The quantitative estimate of drug-likeness (QED) is 0.605. The normalized spacial score (nSPS) is 49.7. The Bertz CT molecular complexity index is 379. The molecule has 3 aliphatic rings. The van der Waals surface area contributed by atoms with Crippen molar-refractivity contribution in [3.63, 3.8) is 0 Å². The van der Waals surface area contributed by atoms with E-state index in [1.807, 2.05) is 0 Å². The van der Waals surface area contributed by atoms with E-state index in [1.54, 1.807) is 0 Å². The van der Waals surface area contributed by atoms with Crippen molar-refractivity contribution in [3.05, 3.63) is 0 Å². The maximum absolute atomic E-state index is 6.54. The van der Waals surface area contributed by atoms with Gasteiger partial charge >= 0.3 is 0 Å². The van der Waals surface area contributed by atoms with Gasteiger partial charge in [0.05, 0.1) is 11.7 Å².